The second-order valence-corrected chi connectivity index (χ2v) is 4.34. The first kappa shape index (κ1) is 9.40. The third kappa shape index (κ3) is 5.54. The molecule has 0 saturated carbocycles. The van der Waals surface area contributed by atoms with E-state index < -0.39 is 9.84 Å². The lowest BCUT2D eigenvalue weighted by Crippen LogP contribution is -2.25. The molecule has 0 aromatic carbocycles. The molecule has 0 fully saturated rings. The number of nitrogens with zero attached hydrogens (tertiary/aromatic N) is 2. The van der Waals surface area contributed by atoms with Gasteiger partial charge in [-0.3, -0.25) is 4.90 Å². The molecule has 0 amide bonds. The van der Waals surface area contributed by atoms with E-state index in [2.05, 4.69) is 0 Å². The van der Waals surface area contributed by atoms with Gasteiger partial charge in [-0.05, 0) is 7.05 Å². The van der Waals surface area contributed by atoms with Crippen molar-refractivity contribution in [1.82, 2.24) is 4.90 Å². The van der Waals surface area contributed by atoms with Crippen LogP contribution in [0, 0.1) is 11.3 Å². The molecular weight excluding hydrogens is 152 g/mol. The molecule has 0 bridgehead atoms. The highest BCUT2D eigenvalue weighted by Gasteiger charge is 2.05. The van der Waals surface area contributed by atoms with Gasteiger partial charge in [-0.15, -0.1) is 0 Å². The Hall–Kier alpha value is -0.600. The molecule has 0 saturated heterocycles. The number of hydrogen-bond acceptors (Lipinski definition) is 4. The molecule has 0 aliphatic heterocycles. The molecule has 0 atom stereocenters. The third-order valence-electron chi connectivity index (χ3n) is 0.796. The van der Waals surface area contributed by atoms with Crippen LogP contribution < -0.4 is 0 Å². The third-order valence-corrected chi connectivity index (χ3v) is 1.71. The highest BCUT2D eigenvalue weighted by Crippen LogP contribution is 1.87. The zero-order valence-electron chi connectivity index (χ0n) is 6.03. The zero-order valence-corrected chi connectivity index (χ0v) is 6.85. The minimum Gasteiger partial charge on any atom is -0.280 e. The Kier molecular flexibility index (Phi) is 3.33. The van der Waals surface area contributed by atoms with Crippen molar-refractivity contribution in [3.05, 3.63) is 0 Å². The Balaban J connectivity index is 3.83. The normalized spacial score (nSPS) is 11.4. The summed E-state index contributed by atoms with van der Waals surface area (Å²) in [6.07, 6.45) is 1.14. The van der Waals surface area contributed by atoms with Crippen LogP contribution in [-0.4, -0.2) is 39.0 Å². The van der Waals surface area contributed by atoms with Gasteiger partial charge in [-0.25, -0.2) is 8.42 Å². The summed E-state index contributed by atoms with van der Waals surface area (Å²) in [5, 5.41) is 8.15. The van der Waals surface area contributed by atoms with Crippen LogP contribution >= 0.6 is 0 Å². The second kappa shape index (κ2) is 3.54. The maximum atomic E-state index is 10.6. The van der Waals surface area contributed by atoms with Gasteiger partial charge < -0.3 is 0 Å². The van der Waals surface area contributed by atoms with Crippen molar-refractivity contribution in [3.63, 3.8) is 0 Å². The standard InChI is InChI=1S/C5H10N2O2S/c1-7(4-3-6)5-10(2,8)9/h4-5H2,1-2H3. The maximum Gasteiger partial charge on any atom is 0.160 e. The van der Waals surface area contributed by atoms with E-state index in [0.29, 0.717) is 0 Å². The predicted molar refractivity (Wildman–Crippen MR) is 38.0 cm³/mol. The Morgan fingerprint density at radius 3 is 2.40 bits per heavy atom. The van der Waals surface area contributed by atoms with E-state index in [1.807, 2.05) is 6.07 Å². The van der Waals surface area contributed by atoms with Gasteiger partial charge in [-0.2, -0.15) is 5.26 Å². The molecule has 0 radical (unpaired) electrons. The first-order valence-electron chi connectivity index (χ1n) is 2.69. The summed E-state index contributed by atoms with van der Waals surface area (Å²) in [7, 11) is -1.38. The van der Waals surface area contributed by atoms with Crippen LogP contribution in [0.1, 0.15) is 0 Å². The molecule has 0 aromatic heterocycles. The maximum absolute atomic E-state index is 10.6. The topological polar surface area (TPSA) is 61.2 Å². The molecule has 4 nitrogen and oxygen atoms in total. The molecular formula is C5H10N2O2S. The van der Waals surface area contributed by atoms with Crippen LogP contribution in [0.2, 0.25) is 0 Å². The second-order valence-electron chi connectivity index (χ2n) is 2.23. The summed E-state index contributed by atoms with van der Waals surface area (Å²) in [6.45, 7) is 0.146. The molecule has 0 heterocycles. The van der Waals surface area contributed by atoms with Crippen molar-refractivity contribution in [3.8, 4) is 6.07 Å². The molecule has 0 spiro atoms. The largest absolute Gasteiger partial charge is 0.280 e. The van der Waals surface area contributed by atoms with Crippen LogP contribution in [0.4, 0.5) is 0 Å². The van der Waals surface area contributed by atoms with Gasteiger partial charge in [-0.1, -0.05) is 0 Å². The summed E-state index contributed by atoms with van der Waals surface area (Å²) >= 11 is 0. The highest BCUT2D eigenvalue weighted by molar-refractivity contribution is 7.90. The lowest BCUT2D eigenvalue weighted by molar-refractivity contribution is 0.427. The summed E-state index contributed by atoms with van der Waals surface area (Å²) in [5.41, 5.74) is 0. The van der Waals surface area contributed by atoms with Crippen LogP contribution in [-0.2, 0) is 9.84 Å². The van der Waals surface area contributed by atoms with E-state index >= 15 is 0 Å². The monoisotopic (exact) mass is 162 g/mol. The van der Waals surface area contributed by atoms with Gasteiger partial charge >= 0.3 is 0 Å². The van der Waals surface area contributed by atoms with Crippen molar-refractivity contribution in [2.75, 3.05) is 25.7 Å². The molecule has 0 aliphatic carbocycles. The lowest BCUT2D eigenvalue weighted by Gasteiger charge is -2.08. The van der Waals surface area contributed by atoms with Gasteiger partial charge in [0.2, 0.25) is 0 Å². The van der Waals surface area contributed by atoms with E-state index in [9.17, 15) is 8.42 Å². The van der Waals surface area contributed by atoms with Gasteiger partial charge in [0.15, 0.2) is 9.84 Å². The minimum atomic E-state index is -2.97. The number of nitriles is 1. The fraction of sp³-hybridized carbons (Fsp3) is 0.800. The minimum absolute atomic E-state index is 0.0550. The Morgan fingerprint density at radius 2 is 2.10 bits per heavy atom. The van der Waals surface area contributed by atoms with E-state index in [0.717, 1.165) is 6.26 Å². The van der Waals surface area contributed by atoms with E-state index in [1.54, 1.807) is 7.05 Å². The summed E-state index contributed by atoms with van der Waals surface area (Å²) in [4.78, 5) is 1.44. The Bertz CT molecular complexity index is 227. The fourth-order valence-corrected chi connectivity index (χ4v) is 1.46. The predicted octanol–water partition coefficient (Wildman–Crippen LogP) is -0.556. The van der Waals surface area contributed by atoms with Crippen molar-refractivity contribution in [2.24, 2.45) is 0 Å². The van der Waals surface area contributed by atoms with Crippen molar-refractivity contribution < 1.29 is 8.42 Å². The summed E-state index contributed by atoms with van der Waals surface area (Å²) in [5.74, 6) is -0.0550. The quantitative estimate of drug-likeness (QED) is 0.522. The molecule has 5 heteroatoms. The molecule has 0 rings (SSSR count). The average molecular weight is 162 g/mol. The van der Waals surface area contributed by atoms with E-state index in [4.69, 9.17) is 5.26 Å². The number of rotatable bonds is 3. The number of hydrogen-bond donors (Lipinski definition) is 0. The van der Waals surface area contributed by atoms with E-state index in [-0.39, 0.29) is 12.4 Å². The van der Waals surface area contributed by atoms with Gasteiger partial charge in [0.25, 0.3) is 0 Å². The van der Waals surface area contributed by atoms with Crippen molar-refractivity contribution in [1.29, 1.82) is 5.26 Å². The SMILES string of the molecule is CN(CC#N)CS(C)(=O)=O. The first-order valence-corrected chi connectivity index (χ1v) is 4.75. The smallest absolute Gasteiger partial charge is 0.160 e. The van der Waals surface area contributed by atoms with Gasteiger partial charge in [0.05, 0.1) is 12.6 Å². The van der Waals surface area contributed by atoms with Crippen LogP contribution in [0.15, 0.2) is 0 Å². The fourth-order valence-electron chi connectivity index (χ4n) is 0.567. The first-order chi connectivity index (χ1) is 4.45. The summed E-state index contributed by atoms with van der Waals surface area (Å²) < 4.78 is 21.1. The lowest BCUT2D eigenvalue weighted by atomic mass is 10.7. The van der Waals surface area contributed by atoms with Crippen molar-refractivity contribution in [2.45, 2.75) is 0 Å². The zero-order chi connectivity index (χ0) is 8.20. The number of sulfone groups is 1. The van der Waals surface area contributed by atoms with Gasteiger partial charge in [0.1, 0.15) is 5.88 Å². The molecule has 0 aromatic rings. The van der Waals surface area contributed by atoms with Crippen LogP contribution in [0.3, 0.4) is 0 Å². The molecule has 10 heavy (non-hydrogen) atoms. The van der Waals surface area contributed by atoms with Crippen LogP contribution in [0.5, 0.6) is 0 Å². The molecule has 58 valence electrons. The average Bonchev–Trinajstić information content (AvgIpc) is 1.59. The molecule has 0 unspecified atom stereocenters. The summed E-state index contributed by atoms with van der Waals surface area (Å²) in [6, 6.07) is 1.85. The van der Waals surface area contributed by atoms with E-state index in [1.165, 1.54) is 4.90 Å². The Labute approximate surface area is 61.0 Å². The molecule has 0 aliphatic rings. The van der Waals surface area contributed by atoms with Crippen molar-refractivity contribution >= 4 is 9.84 Å². The Morgan fingerprint density at radius 1 is 1.60 bits per heavy atom. The highest BCUT2D eigenvalue weighted by atomic mass is 32.2. The molecule has 0 N–H and O–H groups in total. The van der Waals surface area contributed by atoms with Gasteiger partial charge in [0, 0.05) is 6.26 Å². The van der Waals surface area contributed by atoms with Crippen LogP contribution in [0.25, 0.3) is 0 Å².